The van der Waals surface area contributed by atoms with E-state index in [-0.39, 0.29) is 12.5 Å². The van der Waals surface area contributed by atoms with Crippen molar-refractivity contribution < 1.29 is 14.6 Å². The zero-order valence-corrected chi connectivity index (χ0v) is 14.1. The van der Waals surface area contributed by atoms with Gasteiger partial charge in [0.2, 0.25) is 5.91 Å². The summed E-state index contributed by atoms with van der Waals surface area (Å²) in [5.41, 5.74) is 1.75. The number of aromatic amines is 1. The van der Waals surface area contributed by atoms with Crippen LogP contribution in [-0.2, 0) is 11.3 Å². The van der Waals surface area contributed by atoms with E-state index < -0.39 is 0 Å². The second-order valence-electron chi connectivity index (χ2n) is 4.98. The molecule has 1 aromatic heterocycles. The number of imidazole rings is 1. The second kappa shape index (κ2) is 8.59. The van der Waals surface area contributed by atoms with E-state index in [1.807, 2.05) is 31.2 Å². The molecule has 0 radical (unpaired) electrons. The van der Waals surface area contributed by atoms with Crippen molar-refractivity contribution in [3.63, 3.8) is 0 Å². The van der Waals surface area contributed by atoms with Gasteiger partial charge < -0.3 is 19.7 Å². The first kappa shape index (κ1) is 17.4. The molecule has 6 nitrogen and oxygen atoms in total. The maximum atomic E-state index is 12.4. The number of aliphatic hydroxyl groups excluding tert-OH is 1. The summed E-state index contributed by atoms with van der Waals surface area (Å²) in [6.45, 7) is 2.53. The third-order valence-corrected chi connectivity index (χ3v) is 4.38. The second-order valence-corrected chi connectivity index (χ2v) is 6.03. The zero-order valence-electron chi connectivity index (χ0n) is 13.3. The van der Waals surface area contributed by atoms with E-state index in [1.165, 1.54) is 11.8 Å². The van der Waals surface area contributed by atoms with Crippen molar-refractivity contribution in [3.8, 4) is 5.75 Å². The number of carbonyl (C=O) groups excluding carboxylic acids is 1. The monoisotopic (exact) mass is 335 g/mol. The van der Waals surface area contributed by atoms with Crippen LogP contribution in [0.3, 0.4) is 0 Å². The SMILES string of the molecule is COc1cccc(SCC(=O)N(CCO)Cc2nc[nH]c2C)c1. The Hall–Kier alpha value is -1.99. The van der Waals surface area contributed by atoms with Gasteiger partial charge >= 0.3 is 0 Å². The normalized spacial score (nSPS) is 10.6. The summed E-state index contributed by atoms with van der Waals surface area (Å²) < 4.78 is 5.18. The molecule has 2 N–H and O–H groups in total. The van der Waals surface area contributed by atoms with Crippen molar-refractivity contribution in [2.45, 2.75) is 18.4 Å². The fourth-order valence-electron chi connectivity index (χ4n) is 2.07. The Morgan fingerprint density at radius 2 is 2.30 bits per heavy atom. The number of methoxy groups -OCH3 is 1. The number of nitrogens with zero attached hydrogens (tertiary/aromatic N) is 2. The number of aryl methyl sites for hydroxylation is 1. The molecule has 0 aliphatic heterocycles. The van der Waals surface area contributed by atoms with Gasteiger partial charge in [-0.25, -0.2) is 4.98 Å². The maximum absolute atomic E-state index is 12.4. The smallest absolute Gasteiger partial charge is 0.233 e. The van der Waals surface area contributed by atoms with Crippen LogP contribution in [0.2, 0.25) is 0 Å². The maximum Gasteiger partial charge on any atom is 0.233 e. The molecule has 2 aromatic rings. The van der Waals surface area contributed by atoms with Crippen LogP contribution in [0.1, 0.15) is 11.4 Å². The van der Waals surface area contributed by atoms with E-state index in [1.54, 1.807) is 18.3 Å². The number of ether oxygens (including phenoxy) is 1. The average molecular weight is 335 g/mol. The lowest BCUT2D eigenvalue weighted by atomic mass is 10.3. The first-order valence-corrected chi connectivity index (χ1v) is 8.27. The number of aliphatic hydroxyl groups is 1. The average Bonchev–Trinajstić information content (AvgIpc) is 2.97. The molecule has 1 amide bonds. The van der Waals surface area contributed by atoms with Gasteiger partial charge in [0.15, 0.2) is 0 Å². The van der Waals surface area contributed by atoms with Gasteiger partial charge in [0, 0.05) is 17.1 Å². The summed E-state index contributed by atoms with van der Waals surface area (Å²) in [5, 5.41) is 9.19. The minimum Gasteiger partial charge on any atom is -0.497 e. The summed E-state index contributed by atoms with van der Waals surface area (Å²) in [7, 11) is 1.62. The first-order chi connectivity index (χ1) is 11.1. The number of nitrogens with one attached hydrogen (secondary N) is 1. The van der Waals surface area contributed by atoms with Gasteiger partial charge in [0.05, 0.1) is 38.0 Å². The number of amides is 1. The summed E-state index contributed by atoms with van der Waals surface area (Å²) in [6, 6.07) is 7.59. The van der Waals surface area contributed by atoms with Gasteiger partial charge in [-0.3, -0.25) is 4.79 Å². The number of benzene rings is 1. The first-order valence-electron chi connectivity index (χ1n) is 7.28. The standard InChI is InChI=1S/C16H21N3O3S/c1-12-15(18-11-17-12)9-19(6-7-20)16(21)10-23-14-5-3-4-13(8-14)22-2/h3-5,8,11,20H,6-7,9-10H2,1-2H3,(H,17,18). The fourth-order valence-corrected chi connectivity index (χ4v) is 2.91. The lowest BCUT2D eigenvalue weighted by Crippen LogP contribution is -2.34. The number of rotatable bonds is 8. The molecule has 0 fully saturated rings. The molecule has 7 heteroatoms. The molecule has 23 heavy (non-hydrogen) atoms. The highest BCUT2D eigenvalue weighted by Crippen LogP contribution is 2.23. The third-order valence-electron chi connectivity index (χ3n) is 3.40. The molecule has 124 valence electrons. The lowest BCUT2D eigenvalue weighted by molar-refractivity contribution is -0.129. The molecule has 0 saturated carbocycles. The molecule has 0 spiro atoms. The molecule has 1 aromatic carbocycles. The Kier molecular flexibility index (Phi) is 6.49. The molecule has 0 aliphatic rings. The Morgan fingerprint density at radius 3 is 2.96 bits per heavy atom. The number of H-pyrrole nitrogens is 1. The zero-order chi connectivity index (χ0) is 16.7. The lowest BCUT2D eigenvalue weighted by Gasteiger charge is -2.21. The molecular weight excluding hydrogens is 314 g/mol. The Bertz CT molecular complexity index is 645. The van der Waals surface area contributed by atoms with Crippen molar-refractivity contribution in [1.82, 2.24) is 14.9 Å². The Morgan fingerprint density at radius 1 is 1.48 bits per heavy atom. The van der Waals surface area contributed by atoms with Crippen molar-refractivity contribution in [3.05, 3.63) is 42.0 Å². The van der Waals surface area contributed by atoms with E-state index in [0.717, 1.165) is 22.0 Å². The Balaban J connectivity index is 1.96. The molecular formula is C16H21N3O3S. The van der Waals surface area contributed by atoms with Gasteiger partial charge in [-0.05, 0) is 25.1 Å². The summed E-state index contributed by atoms with van der Waals surface area (Å²) >= 11 is 1.45. The van der Waals surface area contributed by atoms with Crippen molar-refractivity contribution in [2.24, 2.45) is 0 Å². The largest absolute Gasteiger partial charge is 0.497 e. The number of hydrogen-bond acceptors (Lipinski definition) is 5. The van der Waals surface area contributed by atoms with Crippen LogP contribution < -0.4 is 4.74 Å². The fraction of sp³-hybridized carbons (Fsp3) is 0.375. The minimum absolute atomic E-state index is 0.0331. The summed E-state index contributed by atoms with van der Waals surface area (Å²) in [4.78, 5) is 22.2. The molecule has 0 saturated heterocycles. The highest BCUT2D eigenvalue weighted by atomic mass is 32.2. The molecule has 1 heterocycles. The third kappa shape index (κ3) is 5.01. The highest BCUT2D eigenvalue weighted by molar-refractivity contribution is 8.00. The quantitative estimate of drug-likeness (QED) is 0.720. The number of aromatic nitrogens is 2. The Labute approximate surface area is 139 Å². The highest BCUT2D eigenvalue weighted by Gasteiger charge is 2.16. The van der Waals surface area contributed by atoms with E-state index in [9.17, 15) is 9.90 Å². The van der Waals surface area contributed by atoms with Crippen molar-refractivity contribution >= 4 is 17.7 Å². The van der Waals surface area contributed by atoms with Gasteiger partial charge in [0.1, 0.15) is 5.75 Å². The van der Waals surface area contributed by atoms with Crippen LogP contribution in [0.4, 0.5) is 0 Å². The predicted octanol–water partition coefficient (Wildman–Crippen LogP) is 1.84. The van der Waals surface area contributed by atoms with Crippen molar-refractivity contribution in [1.29, 1.82) is 0 Å². The van der Waals surface area contributed by atoms with Crippen LogP contribution >= 0.6 is 11.8 Å². The van der Waals surface area contributed by atoms with E-state index in [2.05, 4.69) is 9.97 Å². The number of thioether (sulfide) groups is 1. The van der Waals surface area contributed by atoms with Crippen LogP contribution in [0.5, 0.6) is 5.75 Å². The van der Waals surface area contributed by atoms with Crippen LogP contribution in [0.25, 0.3) is 0 Å². The van der Waals surface area contributed by atoms with Gasteiger partial charge in [-0.2, -0.15) is 0 Å². The van der Waals surface area contributed by atoms with Gasteiger partial charge in [-0.1, -0.05) is 6.07 Å². The predicted molar refractivity (Wildman–Crippen MR) is 89.5 cm³/mol. The minimum atomic E-state index is -0.0704. The van der Waals surface area contributed by atoms with Crippen molar-refractivity contribution in [2.75, 3.05) is 26.0 Å². The van der Waals surface area contributed by atoms with Gasteiger partial charge in [-0.15, -0.1) is 11.8 Å². The molecule has 0 aliphatic carbocycles. The number of carbonyl (C=O) groups is 1. The molecule has 0 unspecified atom stereocenters. The summed E-state index contributed by atoms with van der Waals surface area (Å²) in [6.07, 6.45) is 1.61. The van der Waals surface area contributed by atoms with Crippen LogP contribution in [0, 0.1) is 6.92 Å². The molecule has 2 rings (SSSR count). The van der Waals surface area contributed by atoms with E-state index in [0.29, 0.717) is 18.8 Å². The topological polar surface area (TPSA) is 78.4 Å². The van der Waals surface area contributed by atoms with Crippen LogP contribution in [-0.4, -0.2) is 51.9 Å². The molecule has 0 bridgehead atoms. The summed E-state index contributed by atoms with van der Waals surface area (Å²) in [5.74, 6) is 1.03. The van der Waals surface area contributed by atoms with Crippen LogP contribution in [0.15, 0.2) is 35.5 Å². The van der Waals surface area contributed by atoms with Gasteiger partial charge in [0.25, 0.3) is 0 Å². The number of hydrogen-bond donors (Lipinski definition) is 2. The van der Waals surface area contributed by atoms with E-state index in [4.69, 9.17) is 4.74 Å². The van der Waals surface area contributed by atoms with E-state index >= 15 is 0 Å². The molecule has 0 atom stereocenters.